The third-order valence-corrected chi connectivity index (χ3v) is 3.89. The van der Waals surface area contributed by atoms with E-state index in [1.165, 1.54) is 17.7 Å². The molecule has 0 aliphatic heterocycles. The van der Waals surface area contributed by atoms with Gasteiger partial charge in [0.25, 0.3) is 0 Å². The summed E-state index contributed by atoms with van der Waals surface area (Å²) in [6, 6.07) is 9.35. The van der Waals surface area contributed by atoms with Crippen LogP contribution in [0.5, 0.6) is 5.75 Å². The van der Waals surface area contributed by atoms with Crippen molar-refractivity contribution in [2.24, 2.45) is 5.73 Å². The molecule has 0 saturated carbocycles. The van der Waals surface area contributed by atoms with Gasteiger partial charge in [0, 0.05) is 17.7 Å². The molecule has 0 amide bonds. The molecule has 1 aliphatic rings. The fraction of sp³-hybridized carbons (Fsp3) is 0.294. The van der Waals surface area contributed by atoms with Crippen molar-refractivity contribution in [2.45, 2.75) is 31.9 Å². The molecule has 1 aliphatic carbocycles. The molecule has 0 bridgehead atoms. The number of ether oxygens (including phenoxy) is 1. The highest BCUT2D eigenvalue weighted by Crippen LogP contribution is 2.31. The van der Waals surface area contributed by atoms with Crippen molar-refractivity contribution in [3.63, 3.8) is 0 Å². The topological polar surface area (TPSA) is 35.2 Å². The molecular formula is C17H17F2NO. The van der Waals surface area contributed by atoms with Crippen LogP contribution in [0.15, 0.2) is 36.4 Å². The van der Waals surface area contributed by atoms with Gasteiger partial charge in [0.1, 0.15) is 24.0 Å². The van der Waals surface area contributed by atoms with Crippen LogP contribution >= 0.6 is 0 Å². The Morgan fingerprint density at radius 3 is 2.81 bits per heavy atom. The van der Waals surface area contributed by atoms with E-state index < -0.39 is 11.6 Å². The van der Waals surface area contributed by atoms with E-state index in [0.717, 1.165) is 30.9 Å². The highest BCUT2D eigenvalue weighted by Gasteiger charge is 2.17. The molecule has 2 N–H and O–H groups in total. The average molecular weight is 289 g/mol. The average Bonchev–Trinajstić information content (AvgIpc) is 2.47. The number of hydrogen-bond donors (Lipinski definition) is 1. The Kier molecular flexibility index (Phi) is 3.88. The zero-order valence-electron chi connectivity index (χ0n) is 11.6. The Bertz CT molecular complexity index is 657. The van der Waals surface area contributed by atoms with Crippen LogP contribution < -0.4 is 10.5 Å². The van der Waals surface area contributed by atoms with E-state index in [1.807, 2.05) is 18.2 Å². The monoisotopic (exact) mass is 289 g/mol. The van der Waals surface area contributed by atoms with Crippen molar-refractivity contribution in [2.75, 3.05) is 0 Å². The van der Waals surface area contributed by atoms with Gasteiger partial charge in [-0.3, -0.25) is 0 Å². The van der Waals surface area contributed by atoms with Crippen molar-refractivity contribution in [3.8, 4) is 5.75 Å². The molecule has 2 aromatic carbocycles. The molecule has 1 atom stereocenters. The fourth-order valence-electron chi connectivity index (χ4n) is 2.70. The van der Waals surface area contributed by atoms with Gasteiger partial charge in [-0.15, -0.1) is 0 Å². The lowest BCUT2D eigenvalue weighted by molar-refractivity contribution is 0.298. The van der Waals surface area contributed by atoms with Crippen LogP contribution in [0.2, 0.25) is 0 Å². The lowest BCUT2D eigenvalue weighted by Gasteiger charge is -2.22. The number of nitrogens with two attached hydrogens (primary N) is 1. The Balaban J connectivity index is 1.75. The third kappa shape index (κ3) is 3.05. The van der Waals surface area contributed by atoms with Gasteiger partial charge in [-0.2, -0.15) is 0 Å². The molecule has 0 spiro atoms. The molecule has 2 nitrogen and oxygen atoms in total. The predicted molar refractivity (Wildman–Crippen MR) is 77.0 cm³/mol. The van der Waals surface area contributed by atoms with Gasteiger partial charge in [0.15, 0.2) is 0 Å². The van der Waals surface area contributed by atoms with Crippen LogP contribution in [0.1, 0.15) is 35.6 Å². The standard InChI is InChI=1S/C17H17F2NO/c18-13-6-4-12(16(19)8-13)10-21-14-7-5-11-2-1-3-17(20)15(11)9-14/h4-9,17H,1-3,10,20H2/t17-/m0/s1. The molecule has 2 aromatic rings. The summed E-state index contributed by atoms with van der Waals surface area (Å²) in [7, 11) is 0. The maximum atomic E-state index is 13.5. The number of fused-ring (bicyclic) bond motifs is 1. The predicted octanol–water partition coefficient (Wildman–Crippen LogP) is 3.88. The van der Waals surface area contributed by atoms with Crippen LogP contribution in [0, 0.1) is 11.6 Å². The maximum absolute atomic E-state index is 13.5. The van der Waals surface area contributed by atoms with Gasteiger partial charge in [0.2, 0.25) is 0 Å². The number of halogens is 2. The maximum Gasteiger partial charge on any atom is 0.132 e. The molecule has 110 valence electrons. The summed E-state index contributed by atoms with van der Waals surface area (Å²) in [5, 5.41) is 0. The number of benzene rings is 2. The Morgan fingerprint density at radius 2 is 2.00 bits per heavy atom. The Hall–Kier alpha value is -1.94. The van der Waals surface area contributed by atoms with Gasteiger partial charge < -0.3 is 10.5 Å². The summed E-state index contributed by atoms with van der Waals surface area (Å²) >= 11 is 0. The van der Waals surface area contributed by atoms with Crippen molar-refractivity contribution in [1.29, 1.82) is 0 Å². The zero-order chi connectivity index (χ0) is 14.8. The summed E-state index contributed by atoms with van der Waals surface area (Å²) in [4.78, 5) is 0. The van der Waals surface area contributed by atoms with Crippen molar-refractivity contribution in [1.82, 2.24) is 0 Å². The van der Waals surface area contributed by atoms with E-state index >= 15 is 0 Å². The molecule has 3 rings (SSSR count). The lowest BCUT2D eigenvalue weighted by Crippen LogP contribution is -2.17. The Morgan fingerprint density at radius 1 is 1.14 bits per heavy atom. The van der Waals surface area contributed by atoms with Crippen molar-refractivity contribution >= 4 is 0 Å². The van der Waals surface area contributed by atoms with E-state index in [2.05, 4.69) is 0 Å². The fourth-order valence-corrected chi connectivity index (χ4v) is 2.70. The molecule has 21 heavy (non-hydrogen) atoms. The zero-order valence-corrected chi connectivity index (χ0v) is 11.6. The van der Waals surface area contributed by atoms with E-state index in [1.54, 1.807) is 0 Å². The molecule has 0 saturated heterocycles. The van der Waals surface area contributed by atoms with Crippen molar-refractivity contribution < 1.29 is 13.5 Å². The summed E-state index contributed by atoms with van der Waals surface area (Å²) in [5.41, 5.74) is 8.81. The van der Waals surface area contributed by atoms with E-state index in [9.17, 15) is 8.78 Å². The molecule has 0 aromatic heterocycles. The van der Waals surface area contributed by atoms with Gasteiger partial charge in [-0.1, -0.05) is 6.07 Å². The first-order chi connectivity index (χ1) is 10.1. The minimum Gasteiger partial charge on any atom is -0.489 e. The number of rotatable bonds is 3. The second-order valence-electron chi connectivity index (χ2n) is 5.38. The normalized spacial score (nSPS) is 17.4. The molecule has 0 heterocycles. The van der Waals surface area contributed by atoms with E-state index in [0.29, 0.717) is 11.3 Å². The molecule has 4 heteroatoms. The van der Waals surface area contributed by atoms with E-state index in [-0.39, 0.29) is 12.6 Å². The second-order valence-corrected chi connectivity index (χ2v) is 5.38. The largest absolute Gasteiger partial charge is 0.489 e. The minimum atomic E-state index is -0.593. The van der Waals surface area contributed by atoms with Gasteiger partial charge >= 0.3 is 0 Å². The number of hydrogen-bond acceptors (Lipinski definition) is 2. The lowest BCUT2D eigenvalue weighted by atomic mass is 9.88. The van der Waals surface area contributed by atoms with Crippen molar-refractivity contribution in [3.05, 3.63) is 64.7 Å². The van der Waals surface area contributed by atoms with Gasteiger partial charge in [0.05, 0.1) is 0 Å². The third-order valence-electron chi connectivity index (χ3n) is 3.89. The summed E-state index contributed by atoms with van der Waals surface area (Å²) in [6.07, 6.45) is 3.12. The van der Waals surface area contributed by atoms with Gasteiger partial charge in [-0.25, -0.2) is 8.78 Å². The molecule has 0 fully saturated rings. The van der Waals surface area contributed by atoms with E-state index in [4.69, 9.17) is 10.5 Å². The Labute approximate surface area is 122 Å². The van der Waals surface area contributed by atoms with Crippen LogP contribution in [0.3, 0.4) is 0 Å². The SMILES string of the molecule is N[C@H]1CCCc2ccc(OCc3ccc(F)cc3F)cc21. The smallest absolute Gasteiger partial charge is 0.132 e. The van der Waals surface area contributed by atoms with Crippen LogP contribution in [0.25, 0.3) is 0 Å². The molecular weight excluding hydrogens is 272 g/mol. The van der Waals surface area contributed by atoms with Gasteiger partial charge in [-0.05, 0) is 54.7 Å². The summed E-state index contributed by atoms with van der Waals surface area (Å²) in [6.45, 7) is 0.0696. The first kappa shape index (κ1) is 14.0. The summed E-state index contributed by atoms with van der Waals surface area (Å²) in [5.74, 6) is -0.518. The molecule has 0 radical (unpaired) electrons. The van der Waals surface area contributed by atoms with Crippen LogP contribution in [-0.4, -0.2) is 0 Å². The van der Waals surface area contributed by atoms with Crippen LogP contribution in [0.4, 0.5) is 8.78 Å². The quantitative estimate of drug-likeness (QED) is 0.930. The van der Waals surface area contributed by atoms with Crippen LogP contribution in [-0.2, 0) is 13.0 Å². The first-order valence-electron chi connectivity index (χ1n) is 7.08. The second kappa shape index (κ2) is 5.82. The molecule has 0 unspecified atom stereocenters. The highest BCUT2D eigenvalue weighted by molar-refractivity contribution is 5.39. The minimum absolute atomic E-state index is 0.0415. The number of aryl methyl sites for hydroxylation is 1. The first-order valence-corrected chi connectivity index (χ1v) is 7.08. The summed E-state index contributed by atoms with van der Waals surface area (Å²) < 4.78 is 32.0. The highest BCUT2D eigenvalue weighted by atomic mass is 19.1.